The van der Waals surface area contributed by atoms with E-state index in [1.807, 2.05) is 31.3 Å². The molecule has 1 unspecified atom stereocenters. The van der Waals surface area contributed by atoms with Crippen molar-refractivity contribution in [3.63, 3.8) is 0 Å². The minimum atomic E-state index is -0.0955. The molecule has 116 valence electrons. The molecular formula is C17H26N2O2. The number of benzene rings is 1. The first-order chi connectivity index (χ1) is 9.94. The number of methoxy groups -OCH3 is 1. The smallest absolute Gasteiger partial charge is 0.240 e. The van der Waals surface area contributed by atoms with E-state index in [-0.39, 0.29) is 17.4 Å². The molecular weight excluding hydrogens is 264 g/mol. The van der Waals surface area contributed by atoms with Crippen LogP contribution in [0.5, 0.6) is 5.75 Å². The number of nitrogens with zero attached hydrogens (tertiary/aromatic N) is 1. The van der Waals surface area contributed by atoms with Gasteiger partial charge in [0, 0.05) is 13.6 Å². The van der Waals surface area contributed by atoms with Crippen molar-refractivity contribution in [1.82, 2.24) is 10.2 Å². The Morgan fingerprint density at radius 2 is 2.24 bits per heavy atom. The Bertz CT molecular complexity index is 499. The number of carbonyl (C=O) groups excluding carboxylic acids is 1. The lowest BCUT2D eigenvalue weighted by molar-refractivity contribution is -0.136. The van der Waals surface area contributed by atoms with Gasteiger partial charge in [0.2, 0.25) is 5.91 Å². The van der Waals surface area contributed by atoms with Gasteiger partial charge in [0.15, 0.2) is 0 Å². The highest BCUT2D eigenvalue weighted by molar-refractivity contribution is 5.82. The monoisotopic (exact) mass is 290 g/mol. The van der Waals surface area contributed by atoms with Crippen LogP contribution in [0.3, 0.4) is 0 Å². The molecule has 1 saturated heterocycles. The molecule has 1 amide bonds. The molecule has 1 atom stereocenters. The Morgan fingerprint density at radius 1 is 1.48 bits per heavy atom. The summed E-state index contributed by atoms with van der Waals surface area (Å²) in [5.41, 5.74) is 1.09. The van der Waals surface area contributed by atoms with Gasteiger partial charge in [0.05, 0.1) is 13.2 Å². The lowest BCUT2D eigenvalue weighted by Gasteiger charge is -2.40. The highest BCUT2D eigenvalue weighted by Gasteiger charge is 2.38. The van der Waals surface area contributed by atoms with Crippen LogP contribution in [0, 0.1) is 5.41 Å². The number of likely N-dealkylation sites (N-methyl/N-ethyl adjacent to an activating group) is 1. The summed E-state index contributed by atoms with van der Waals surface area (Å²) >= 11 is 0. The van der Waals surface area contributed by atoms with E-state index in [9.17, 15) is 4.79 Å². The predicted octanol–water partition coefficient (Wildman–Crippen LogP) is 2.43. The third-order valence-electron chi connectivity index (χ3n) is 4.30. The Balaban J connectivity index is 2.05. The highest BCUT2D eigenvalue weighted by atomic mass is 16.5. The summed E-state index contributed by atoms with van der Waals surface area (Å²) in [6.45, 7) is 5.86. The van der Waals surface area contributed by atoms with E-state index < -0.39 is 0 Å². The first-order valence-corrected chi connectivity index (χ1v) is 7.55. The molecule has 0 spiro atoms. The van der Waals surface area contributed by atoms with E-state index >= 15 is 0 Å². The minimum absolute atomic E-state index is 0.0119. The van der Waals surface area contributed by atoms with E-state index in [1.54, 1.807) is 12.0 Å². The maximum atomic E-state index is 12.7. The summed E-state index contributed by atoms with van der Waals surface area (Å²) < 4.78 is 5.23. The van der Waals surface area contributed by atoms with Gasteiger partial charge >= 0.3 is 0 Å². The van der Waals surface area contributed by atoms with Gasteiger partial charge in [-0.15, -0.1) is 0 Å². The lowest BCUT2D eigenvalue weighted by atomic mass is 9.77. The second-order valence-electron chi connectivity index (χ2n) is 6.53. The third kappa shape index (κ3) is 3.76. The Hall–Kier alpha value is -1.55. The van der Waals surface area contributed by atoms with Gasteiger partial charge in [-0.25, -0.2) is 0 Å². The predicted molar refractivity (Wildman–Crippen MR) is 84.3 cm³/mol. The molecule has 1 fully saturated rings. The second-order valence-corrected chi connectivity index (χ2v) is 6.53. The van der Waals surface area contributed by atoms with E-state index in [0.717, 1.165) is 30.7 Å². The molecule has 21 heavy (non-hydrogen) atoms. The molecule has 0 radical (unpaired) electrons. The van der Waals surface area contributed by atoms with E-state index in [1.165, 1.54) is 0 Å². The summed E-state index contributed by atoms with van der Waals surface area (Å²) in [6, 6.07) is 7.77. The van der Waals surface area contributed by atoms with Crippen LogP contribution in [0.25, 0.3) is 0 Å². The summed E-state index contributed by atoms with van der Waals surface area (Å²) in [6.07, 6.45) is 2.22. The quantitative estimate of drug-likeness (QED) is 0.926. The lowest BCUT2D eigenvalue weighted by Crippen LogP contribution is -2.55. The molecule has 4 heteroatoms. The van der Waals surface area contributed by atoms with Crippen molar-refractivity contribution in [2.45, 2.75) is 39.3 Å². The van der Waals surface area contributed by atoms with Crippen LogP contribution in [0.1, 0.15) is 32.3 Å². The van der Waals surface area contributed by atoms with Gasteiger partial charge in [-0.05, 0) is 42.5 Å². The summed E-state index contributed by atoms with van der Waals surface area (Å²) in [7, 11) is 3.52. The van der Waals surface area contributed by atoms with E-state index in [4.69, 9.17) is 4.74 Å². The summed E-state index contributed by atoms with van der Waals surface area (Å²) in [4.78, 5) is 14.5. The Labute approximate surface area is 127 Å². The van der Waals surface area contributed by atoms with Gasteiger partial charge in [0.25, 0.3) is 0 Å². The molecule has 1 N–H and O–H groups in total. The van der Waals surface area contributed by atoms with Gasteiger partial charge in [-0.1, -0.05) is 26.0 Å². The zero-order valence-electron chi connectivity index (χ0n) is 13.5. The van der Waals surface area contributed by atoms with Crippen LogP contribution >= 0.6 is 0 Å². The van der Waals surface area contributed by atoms with Gasteiger partial charge < -0.3 is 15.0 Å². The SMILES string of the molecule is COc1cccc(CN(C)C(=O)C2NCCCC2(C)C)c1. The van der Waals surface area contributed by atoms with Crippen molar-refractivity contribution < 1.29 is 9.53 Å². The van der Waals surface area contributed by atoms with Crippen molar-refractivity contribution >= 4 is 5.91 Å². The van der Waals surface area contributed by atoms with Crippen molar-refractivity contribution in [1.29, 1.82) is 0 Å². The van der Waals surface area contributed by atoms with Crippen LogP contribution in [-0.2, 0) is 11.3 Å². The van der Waals surface area contributed by atoms with Crippen LogP contribution in [0.2, 0.25) is 0 Å². The standard InChI is InChI=1S/C17H26N2O2/c1-17(2)9-6-10-18-15(17)16(20)19(3)12-13-7-5-8-14(11-13)21-4/h5,7-8,11,15,18H,6,9-10,12H2,1-4H3. The van der Waals surface area contributed by atoms with Crippen molar-refractivity contribution in [2.75, 3.05) is 20.7 Å². The van der Waals surface area contributed by atoms with Crippen molar-refractivity contribution in [3.8, 4) is 5.75 Å². The number of rotatable bonds is 4. The molecule has 2 rings (SSSR count). The zero-order valence-corrected chi connectivity index (χ0v) is 13.5. The normalized spacial score (nSPS) is 20.9. The van der Waals surface area contributed by atoms with Crippen LogP contribution in [-0.4, -0.2) is 37.6 Å². The summed E-state index contributed by atoms with van der Waals surface area (Å²) in [5.74, 6) is 0.993. The third-order valence-corrected chi connectivity index (χ3v) is 4.30. The maximum Gasteiger partial charge on any atom is 0.240 e. The number of piperidine rings is 1. The fraction of sp³-hybridized carbons (Fsp3) is 0.588. The second kappa shape index (κ2) is 6.48. The van der Waals surface area contributed by atoms with Crippen LogP contribution in [0.15, 0.2) is 24.3 Å². The number of hydrogen-bond acceptors (Lipinski definition) is 3. The Morgan fingerprint density at radius 3 is 2.90 bits per heavy atom. The minimum Gasteiger partial charge on any atom is -0.497 e. The molecule has 1 aliphatic rings. The van der Waals surface area contributed by atoms with Gasteiger partial charge in [0.1, 0.15) is 5.75 Å². The van der Waals surface area contributed by atoms with Crippen molar-refractivity contribution in [2.24, 2.45) is 5.41 Å². The number of nitrogens with one attached hydrogen (secondary N) is 1. The molecule has 1 aromatic carbocycles. The average Bonchev–Trinajstić information content (AvgIpc) is 2.46. The van der Waals surface area contributed by atoms with Gasteiger partial charge in [-0.2, -0.15) is 0 Å². The first kappa shape index (κ1) is 15.8. The molecule has 0 bridgehead atoms. The fourth-order valence-electron chi connectivity index (χ4n) is 2.98. The number of ether oxygens (including phenoxy) is 1. The zero-order chi connectivity index (χ0) is 15.5. The molecule has 1 aromatic rings. The number of hydrogen-bond donors (Lipinski definition) is 1. The molecule has 0 saturated carbocycles. The average molecular weight is 290 g/mol. The molecule has 4 nitrogen and oxygen atoms in total. The van der Waals surface area contributed by atoms with Crippen LogP contribution < -0.4 is 10.1 Å². The van der Waals surface area contributed by atoms with E-state index in [0.29, 0.717) is 6.54 Å². The van der Waals surface area contributed by atoms with Gasteiger partial charge in [-0.3, -0.25) is 4.79 Å². The number of amides is 1. The van der Waals surface area contributed by atoms with Crippen molar-refractivity contribution in [3.05, 3.63) is 29.8 Å². The van der Waals surface area contributed by atoms with Crippen LogP contribution in [0.4, 0.5) is 0 Å². The molecule has 0 aliphatic carbocycles. The molecule has 1 heterocycles. The van der Waals surface area contributed by atoms with E-state index in [2.05, 4.69) is 19.2 Å². The summed E-state index contributed by atoms with van der Waals surface area (Å²) in [5, 5.41) is 3.38. The fourth-order valence-corrected chi connectivity index (χ4v) is 2.98. The Kier molecular flexibility index (Phi) is 4.88. The topological polar surface area (TPSA) is 41.6 Å². The number of carbonyl (C=O) groups is 1. The maximum absolute atomic E-state index is 12.7. The largest absolute Gasteiger partial charge is 0.497 e. The molecule has 1 aliphatic heterocycles. The highest BCUT2D eigenvalue weighted by Crippen LogP contribution is 2.31. The first-order valence-electron chi connectivity index (χ1n) is 7.55. The molecule has 0 aromatic heterocycles.